The summed E-state index contributed by atoms with van der Waals surface area (Å²) < 4.78 is 0. The number of rotatable bonds is 8. The summed E-state index contributed by atoms with van der Waals surface area (Å²) in [6.07, 6.45) is 5.35. The molecule has 0 aromatic heterocycles. The summed E-state index contributed by atoms with van der Waals surface area (Å²) >= 11 is 0. The lowest BCUT2D eigenvalue weighted by atomic mass is 10.2. The van der Waals surface area contributed by atoms with Gasteiger partial charge < -0.3 is 5.32 Å². The van der Waals surface area contributed by atoms with Crippen molar-refractivity contribution in [2.75, 3.05) is 19.6 Å². The van der Waals surface area contributed by atoms with Crippen LogP contribution in [-0.4, -0.2) is 36.6 Å². The zero-order valence-electron chi connectivity index (χ0n) is 10.1. The summed E-state index contributed by atoms with van der Waals surface area (Å²) in [6.45, 7) is 10.4. The maximum atomic E-state index is 3.62. The molecule has 1 saturated carbocycles. The summed E-state index contributed by atoms with van der Waals surface area (Å²) in [5, 5.41) is 3.62. The van der Waals surface area contributed by atoms with Crippen LogP contribution in [0.4, 0.5) is 0 Å². The van der Waals surface area contributed by atoms with E-state index in [9.17, 15) is 0 Å². The quantitative estimate of drug-likeness (QED) is 0.643. The van der Waals surface area contributed by atoms with E-state index in [0.29, 0.717) is 6.04 Å². The number of nitrogens with zero attached hydrogens (tertiary/aromatic N) is 1. The molecule has 1 atom stereocenters. The fraction of sp³-hybridized carbons (Fsp3) is 1.00. The molecule has 0 radical (unpaired) electrons. The number of hydrogen-bond acceptors (Lipinski definition) is 2. The Bertz CT molecular complexity index is 143. The van der Waals surface area contributed by atoms with Crippen LogP contribution in [0.2, 0.25) is 0 Å². The Kier molecular flexibility index (Phi) is 5.49. The largest absolute Gasteiger partial charge is 0.313 e. The fourth-order valence-corrected chi connectivity index (χ4v) is 1.95. The van der Waals surface area contributed by atoms with Crippen molar-refractivity contribution in [3.8, 4) is 0 Å². The van der Waals surface area contributed by atoms with Crippen LogP contribution in [0.25, 0.3) is 0 Å². The Morgan fingerprint density at radius 3 is 2.43 bits per heavy atom. The molecular formula is C12H26N2. The lowest BCUT2D eigenvalue weighted by molar-refractivity contribution is 0.240. The van der Waals surface area contributed by atoms with E-state index in [-0.39, 0.29) is 0 Å². The second-order valence-electron chi connectivity index (χ2n) is 4.38. The van der Waals surface area contributed by atoms with Crippen LogP contribution in [0.3, 0.4) is 0 Å². The lowest BCUT2D eigenvalue weighted by Crippen LogP contribution is -2.41. The third kappa shape index (κ3) is 3.97. The zero-order valence-corrected chi connectivity index (χ0v) is 10.1. The molecular weight excluding hydrogens is 172 g/mol. The van der Waals surface area contributed by atoms with Crippen LogP contribution in [-0.2, 0) is 0 Å². The molecule has 1 rings (SSSR count). The zero-order chi connectivity index (χ0) is 10.4. The summed E-state index contributed by atoms with van der Waals surface area (Å²) in [5.74, 6) is 0. The summed E-state index contributed by atoms with van der Waals surface area (Å²) in [5.41, 5.74) is 0. The average molecular weight is 198 g/mol. The predicted molar refractivity (Wildman–Crippen MR) is 62.6 cm³/mol. The molecule has 1 unspecified atom stereocenters. The van der Waals surface area contributed by atoms with Crippen molar-refractivity contribution in [1.29, 1.82) is 0 Å². The van der Waals surface area contributed by atoms with E-state index >= 15 is 0 Å². The predicted octanol–water partition coefficient (Wildman–Crippen LogP) is 2.25. The van der Waals surface area contributed by atoms with Gasteiger partial charge in [0.15, 0.2) is 0 Å². The number of hydrogen-bond donors (Lipinski definition) is 1. The molecule has 84 valence electrons. The fourth-order valence-electron chi connectivity index (χ4n) is 1.95. The number of nitrogens with one attached hydrogen (secondary N) is 1. The molecule has 1 fully saturated rings. The maximum absolute atomic E-state index is 3.62. The maximum Gasteiger partial charge on any atom is 0.0192 e. The molecule has 0 aromatic carbocycles. The highest BCUT2D eigenvalue weighted by Gasteiger charge is 2.28. The van der Waals surface area contributed by atoms with Gasteiger partial charge in [-0.2, -0.15) is 0 Å². The van der Waals surface area contributed by atoms with Crippen LogP contribution in [0.15, 0.2) is 0 Å². The van der Waals surface area contributed by atoms with E-state index in [1.807, 2.05) is 0 Å². The first kappa shape index (κ1) is 12.0. The molecule has 2 heteroatoms. The Morgan fingerprint density at radius 1 is 1.29 bits per heavy atom. The topological polar surface area (TPSA) is 15.3 Å². The Balaban J connectivity index is 2.22. The second kappa shape index (κ2) is 6.41. The van der Waals surface area contributed by atoms with E-state index in [1.54, 1.807) is 0 Å². The van der Waals surface area contributed by atoms with Gasteiger partial charge in [0.25, 0.3) is 0 Å². The highest BCUT2D eigenvalue weighted by molar-refractivity contribution is 4.86. The van der Waals surface area contributed by atoms with Crippen molar-refractivity contribution in [3.05, 3.63) is 0 Å². The smallest absolute Gasteiger partial charge is 0.0192 e. The highest BCUT2D eigenvalue weighted by Crippen LogP contribution is 2.26. The molecule has 2 nitrogen and oxygen atoms in total. The van der Waals surface area contributed by atoms with Crippen LogP contribution >= 0.6 is 0 Å². The van der Waals surface area contributed by atoms with Gasteiger partial charge in [0, 0.05) is 18.6 Å². The minimum absolute atomic E-state index is 0.704. The Hall–Kier alpha value is -0.0800. The molecule has 14 heavy (non-hydrogen) atoms. The molecule has 0 bridgehead atoms. The SMILES string of the molecule is CCCNC(CC)CN(CC)C1CC1. The average Bonchev–Trinajstić information content (AvgIpc) is 3.02. The second-order valence-corrected chi connectivity index (χ2v) is 4.38. The van der Waals surface area contributed by atoms with Crippen molar-refractivity contribution < 1.29 is 0 Å². The molecule has 0 amide bonds. The van der Waals surface area contributed by atoms with Crippen molar-refractivity contribution in [2.45, 2.75) is 58.5 Å². The molecule has 1 aliphatic carbocycles. The van der Waals surface area contributed by atoms with E-state index in [2.05, 4.69) is 31.0 Å². The van der Waals surface area contributed by atoms with Gasteiger partial charge in [0.1, 0.15) is 0 Å². The first-order valence-electron chi connectivity index (χ1n) is 6.29. The van der Waals surface area contributed by atoms with Gasteiger partial charge in [-0.05, 0) is 38.8 Å². The van der Waals surface area contributed by atoms with Crippen molar-refractivity contribution in [3.63, 3.8) is 0 Å². The molecule has 0 saturated heterocycles. The summed E-state index contributed by atoms with van der Waals surface area (Å²) in [4.78, 5) is 2.64. The van der Waals surface area contributed by atoms with Gasteiger partial charge in [0.05, 0.1) is 0 Å². The Morgan fingerprint density at radius 2 is 2.00 bits per heavy atom. The Labute approximate surface area is 89.1 Å². The minimum Gasteiger partial charge on any atom is -0.313 e. The van der Waals surface area contributed by atoms with Gasteiger partial charge in [-0.3, -0.25) is 4.90 Å². The molecule has 0 aromatic rings. The third-order valence-electron chi connectivity index (χ3n) is 3.10. The molecule has 0 heterocycles. The molecule has 1 aliphatic rings. The summed E-state index contributed by atoms with van der Waals surface area (Å²) in [6, 6.07) is 1.62. The molecule has 0 aliphatic heterocycles. The van der Waals surface area contributed by atoms with Gasteiger partial charge in [-0.25, -0.2) is 0 Å². The molecule has 0 spiro atoms. The van der Waals surface area contributed by atoms with Crippen molar-refractivity contribution in [1.82, 2.24) is 10.2 Å². The van der Waals surface area contributed by atoms with Gasteiger partial charge in [-0.15, -0.1) is 0 Å². The van der Waals surface area contributed by atoms with Crippen LogP contribution in [0.5, 0.6) is 0 Å². The van der Waals surface area contributed by atoms with E-state index in [4.69, 9.17) is 0 Å². The van der Waals surface area contributed by atoms with Gasteiger partial charge in [-0.1, -0.05) is 20.8 Å². The molecule has 1 N–H and O–H groups in total. The van der Waals surface area contributed by atoms with Crippen molar-refractivity contribution >= 4 is 0 Å². The minimum atomic E-state index is 0.704. The van der Waals surface area contributed by atoms with E-state index in [0.717, 1.165) is 6.04 Å². The van der Waals surface area contributed by atoms with Crippen LogP contribution < -0.4 is 5.32 Å². The van der Waals surface area contributed by atoms with Gasteiger partial charge in [0.2, 0.25) is 0 Å². The van der Waals surface area contributed by atoms with Crippen LogP contribution in [0, 0.1) is 0 Å². The first-order valence-corrected chi connectivity index (χ1v) is 6.29. The first-order chi connectivity index (χ1) is 6.81. The normalized spacial score (nSPS) is 18.9. The van der Waals surface area contributed by atoms with E-state index < -0.39 is 0 Å². The highest BCUT2D eigenvalue weighted by atomic mass is 15.2. The van der Waals surface area contributed by atoms with E-state index in [1.165, 1.54) is 45.3 Å². The van der Waals surface area contributed by atoms with Crippen molar-refractivity contribution in [2.24, 2.45) is 0 Å². The summed E-state index contributed by atoms with van der Waals surface area (Å²) in [7, 11) is 0. The third-order valence-corrected chi connectivity index (χ3v) is 3.10. The van der Waals surface area contributed by atoms with Gasteiger partial charge >= 0.3 is 0 Å². The standard InChI is InChI=1S/C12H26N2/c1-4-9-13-11(5-2)10-14(6-3)12-7-8-12/h11-13H,4-10H2,1-3H3. The lowest BCUT2D eigenvalue weighted by Gasteiger charge is -2.26. The number of likely N-dealkylation sites (N-methyl/N-ethyl adjacent to an activating group) is 1. The monoisotopic (exact) mass is 198 g/mol. The van der Waals surface area contributed by atoms with Crippen LogP contribution in [0.1, 0.15) is 46.5 Å².